The van der Waals surface area contributed by atoms with E-state index in [0.29, 0.717) is 5.82 Å². The smallest absolute Gasteiger partial charge is 0.266 e. The largest absolute Gasteiger partial charge is 0.351 e. The van der Waals surface area contributed by atoms with E-state index in [1.165, 1.54) is 34.2 Å². The third-order valence-corrected chi connectivity index (χ3v) is 3.24. The van der Waals surface area contributed by atoms with Crippen molar-refractivity contribution in [2.24, 2.45) is 0 Å². The number of carbonyl (C=O) groups is 1. The number of amides is 1. The number of rotatable bonds is 6. The summed E-state index contributed by atoms with van der Waals surface area (Å²) in [7, 11) is 0. The van der Waals surface area contributed by atoms with Gasteiger partial charge in [-0.1, -0.05) is 6.07 Å². The van der Waals surface area contributed by atoms with E-state index in [4.69, 9.17) is 0 Å². The standard InChI is InChI=1S/C16H15N7O2/c24-15(5-3-13-2-1-7-17-10-13)19-8-9-22-16(25)6-4-14(21-22)23-12-18-11-20-23/h1-7,10-12H,8-9H2,(H,19,24)/b5-3+. The van der Waals surface area contributed by atoms with Gasteiger partial charge >= 0.3 is 0 Å². The van der Waals surface area contributed by atoms with E-state index in [1.54, 1.807) is 30.6 Å². The molecule has 0 spiro atoms. The molecule has 0 fully saturated rings. The van der Waals surface area contributed by atoms with Gasteiger partial charge in [0.05, 0.1) is 6.54 Å². The first-order chi connectivity index (χ1) is 12.2. The Labute approximate surface area is 142 Å². The van der Waals surface area contributed by atoms with Gasteiger partial charge in [-0.05, 0) is 23.8 Å². The molecule has 0 aliphatic carbocycles. The van der Waals surface area contributed by atoms with Crippen LogP contribution in [0.25, 0.3) is 11.9 Å². The van der Waals surface area contributed by atoms with Crippen LogP contribution in [0.15, 0.2) is 60.2 Å². The molecule has 3 aromatic heterocycles. The summed E-state index contributed by atoms with van der Waals surface area (Å²) >= 11 is 0. The maximum atomic E-state index is 11.8. The molecule has 0 unspecified atom stereocenters. The van der Waals surface area contributed by atoms with Crippen LogP contribution in [0.2, 0.25) is 0 Å². The van der Waals surface area contributed by atoms with Crippen LogP contribution in [0.4, 0.5) is 0 Å². The van der Waals surface area contributed by atoms with Gasteiger partial charge < -0.3 is 5.32 Å². The molecule has 25 heavy (non-hydrogen) atoms. The Morgan fingerprint density at radius 2 is 2.16 bits per heavy atom. The Kier molecular flexibility index (Phi) is 5.05. The summed E-state index contributed by atoms with van der Waals surface area (Å²) in [6, 6.07) is 6.59. The molecule has 9 heteroatoms. The molecule has 0 aliphatic heterocycles. The number of nitrogens with zero attached hydrogens (tertiary/aromatic N) is 6. The SMILES string of the molecule is O=C(/C=C/c1cccnc1)NCCn1nc(-n2cncn2)ccc1=O. The zero-order valence-electron chi connectivity index (χ0n) is 13.2. The molecular formula is C16H15N7O2. The maximum Gasteiger partial charge on any atom is 0.266 e. The maximum absolute atomic E-state index is 11.8. The molecule has 0 saturated carbocycles. The molecule has 1 N–H and O–H groups in total. The van der Waals surface area contributed by atoms with Crippen LogP contribution in [0.5, 0.6) is 0 Å². The summed E-state index contributed by atoms with van der Waals surface area (Å²) < 4.78 is 2.72. The number of hydrogen-bond donors (Lipinski definition) is 1. The monoisotopic (exact) mass is 337 g/mol. The molecule has 0 bridgehead atoms. The highest BCUT2D eigenvalue weighted by Gasteiger charge is 2.04. The molecule has 3 heterocycles. The number of hydrogen-bond acceptors (Lipinski definition) is 6. The number of carbonyl (C=O) groups excluding carboxylic acids is 1. The van der Waals surface area contributed by atoms with Crippen molar-refractivity contribution in [2.45, 2.75) is 6.54 Å². The predicted octanol–water partition coefficient (Wildman–Crippen LogP) is 0.0486. The Hall–Kier alpha value is -3.62. The lowest BCUT2D eigenvalue weighted by Gasteiger charge is -2.07. The van der Waals surface area contributed by atoms with Crippen molar-refractivity contribution in [2.75, 3.05) is 6.54 Å². The van der Waals surface area contributed by atoms with Gasteiger partial charge in [0.1, 0.15) is 12.7 Å². The first-order valence-electron chi connectivity index (χ1n) is 7.51. The van der Waals surface area contributed by atoms with Gasteiger partial charge in [-0.15, -0.1) is 5.10 Å². The number of pyridine rings is 1. The Balaban J connectivity index is 1.57. The second kappa shape index (κ2) is 7.77. The van der Waals surface area contributed by atoms with Crippen LogP contribution in [0.1, 0.15) is 5.56 Å². The van der Waals surface area contributed by atoms with Crippen molar-refractivity contribution in [1.29, 1.82) is 0 Å². The first-order valence-corrected chi connectivity index (χ1v) is 7.51. The highest BCUT2D eigenvalue weighted by atomic mass is 16.1. The summed E-state index contributed by atoms with van der Waals surface area (Å²) in [5, 5.41) is 10.9. The fourth-order valence-electron chi connectivity index (χ4n) is 2.04. The zero-order valence-corrected chi connectivity index (χ0v) is 13.2. The predicted molar refractivity (Wildman–Crippen MR) is 89.7 cm³/mol. The quantitative estimate of drug-likeness (QED) is 0.637. The lowest BCUT2D eigenvalue weighted by molar-refractivity contribution is -0.116. The fourth-order valence-corrected chi connectivity index (χ4v) is 2.04. The van der Waals surface area contributed by atoms with E-state index in [9.17, 15) is 9.59 Å². The lowest BCUT2D eigenvalue weighted by Crippen LogP contribution is -2.31. The molecule has 0 aliphatic rings. The minimum Gasteiger partial charge on any atom is -0.351 e. The van der Waals surface area contributed by atoms with Crippen LogP contribution in [0.3, 0.4) is 0 Å². The van der Waals surface area contributed by atoms with Gasteiger partial charge in [0, 0.05) is 31.1 Å². The van der Waals surface area contributed by atoms with Gasteiger partial charge in [0.15, 0.2) is 5.82 Å². The molecule has 0 saturated heterocycles. The van der Waals surface area contributed by atoms with Crippen molar-refractivity contribution in [3.05, 3.63) is 71.3 Å². The van der Waals surface area contributed by atoms with Crippen molar-refractivity contribution >= 4 is 12.0 Å². The van der Waals surface area contributed by atoms with Crippen LogP contribution in [-0.4, -0.2) is 42.0 Å². The third kappa shape index (κ3) is 4.44. The van der Waals surface area contributed by atoms with Gasteiger partial charge in [-0.2, -0.15) is 5.10 Å². The lowest BCUT2D eigenvalue weighted by atomic mass is 10.2. The second-order valence-electron chi connectivity index (χ2n) is 5.00. The van der Waals surface area contributed by atoms with E-state index >= 15 is 0 Å². The average Bonchev–Trinajstić information content (AvgIpc) is 3.17. The van der Waals surface area contributed by atoms with Crippen molar-refractivity contribution in [1.82, 2.24) is 34.8 Å². The topological polar surface area (TPSA) is 108 Å². The van der Waals surface area contributed by atoms with Crippen molar-refractivity contribution in [3.63, 3.8) is 0 Å². The summed E-state index contributed by atoms with van der Waals surface area (Å²) in [6.45, 7) is 0.512. The normalized spacial score (nSPS) is 10.9. The number of nitrogens with one attached hydrogen (secondary N) is 1. The molecular weight excluding hydrogens is 322 g/mol. The van der Waals surface area contributed by atoms with Crippen LogP contribution in [-0.2, 0) is 11.3 Å². The van der Waals surface area contributed by atoms with E-state index in [-0.39, 0.29) is 24.6 Å². The minimum atomic E-state index is -0.260. The van der Waals surface area contributed by atoms with Crippen LogP contribution >= 0.6 is 0 Å². The van der Waals surface area contributed by atoms with E-state index in [2.05, 4.69) is 25.5 Å². The molecule has 3 aromatic rings. The summed E-state index contributed by atoms with van der Waals surface area (Å²) in [5.74, 6) is 0.212. The zero-order chi connectivity index (χ0) is 17.5. The van der Waals surface area contributed by atoms with Gasteiger partial charge in [0.25, 0.3) is 5.56 Å². The van der Waals surface area contributed by atoms with Gasteiger partial charge in [-0.3, -0.25) is 14.6 Å². The molecule has 0 radical (unpaired) electrons. The van der Waals surface area contributed by atoms with E-state index in [0.717, 1.165) is 5.56 Å². The molecule has 0 aromatic carbocycles. The Morgan fingerprint density at radius 1 is 1.24 bits per heavy atom. The molecule has 9 nitrogen and oxygen atoms in total. The van der Waals surface area contributed by atoms with Crippen molar-refractivity contribution in [3.8, 4) is 5.82 Å². The third-order valence-electron chi connectivity index (χ3n) is 3.24. The highest BCUT2D eigenvalue weighted by molar-refractivity contribution is 5.91. The first kappa shape index (κ1) is 16.2. The highest BCUT2D eigenvalue weighted by Crippen LogP contribution is 1.98. The summed E-state index contributed by atoms with van der Waals surface area (Å²) in [6.07, 6.45) is 9.27. The van der Waals surface area contributed by atoms with Crippen LogP contribution < -0.4 is 10.9 Å². The fraction of sp³-hybridized carbons (Fsp3) is 0.125. The van der Waals surface area contributed by atoms with Gasteiger partial charge in [-0.25, -0.2) is 14.3 Å². The average molecular weight is 337 g/mol. The molecule has 126 valence electrons. The summed E-state index contributed by atoms with van der Waals surface area (Å²) in [5.41, 5.74) is 0.570. The molecule has 3 rings (SSSR count). The number of aromatic nitrogens is 6. The molecule has 0 atom stereocenters. The van der Waals surface area contributed by atoms with E-state index in [1.807, 2.05) is 6.07 Å². The van der Waals surface area contributed by atoms with Crippen molar-refractivity contribution < 1.29 is 4.79 Å². The Morgan fingerprint density at radius 3 is 2.92 bits per heavy atom. The molecule has 1 amide bonds. The summed E-state index contributed by atoms with van der Waals surface area (Å²) in [4.78, 5) is 31.4. The minimum absolute atomic E-state index is 0.244. The Bertz CT molecular complexity index is 917. The van der Waals surface area contributed by atoms with E-state index < -0.39 is 0 Å². The van der Waals surface area contributed by atoms with Crippen LogP contribution in [0, 0.1) is 0 Å². The van der Waals surface area contributed by atoms with Gasteiger partial charge in [0.2, 0.25) is 5.91 Å². The second-order valence-corrected chi connectivity index (χ2v) is 5.00.